The normalized spacial score (nSPS) is 11.6. The van der Waals surface area contributed by atoms with E-state index in [1.165, 1.54) is 49.1 Å². The lowest BCUT2D eigenvalue weighted by Gasteiger charge is -2.20. The van der Waals surface area contributed by atoms with Crippen molar-refractivity contribution < 1.29 is 4.42 Å². The van der Waals surface area contributed by atoms with Gasteiger partial charge in [-0.1, -0.05) is 95.9 Å². The Kier molecular flexibility index (Phi) is 7.70. The van der Waals surface area contributed by atoms with Crippen molar-refractivity contribution in [2.24, 2.45) is 0 Å². The van der Waals surface area contributed by atoms with Crippen LogP contribution in [-0.4, -0.2) is 58.8 Å². The Morgan fingerprint density at radius 1 is 0.382 bits per heavy atom. The Morgan fingerprint density at radius 3 is 1.69 bits per heavy atom. The van der Waals surface area contributed by atoms with E-state index < -0.39 is 0 Å². The number of para-hydroxylation sites is 2. The van der Waals surface area contributed by atoms with Crippen LogP contribution in [0.4, 0.5) is 0 Å². The van der Waals surface area contributed by atoms with Crippen molar-refractivity contribution >= 4 is 110 Å². The summed E-state index contributed by atoms with van der Waals surface area (Å²) in [5, 5.41) is 4.59. The van der Waals surface area contributed by atoms with Crippen LogP contribution >= 0.6 is 0 Å². The highest BCUT2D eigenvalue weighted by Gasteiger charge is 2.20. The predicted octanol–water partition coefficient (Wildman–Crippen LogP) is 2.83. The van der Waals surface area contributed by atoms with Crippen molar-refractivity contribution in [3.05, 3.63) is 140 Å². The molecule has 0 fully saturated rings. The van der Waals surface area contributed by atoms with Gasteiger partial charge < -0.3 is 8.98 Å². The molecule has 7 aromatic carbocycles. The van der Waals surface area contributed by atoms with Crippen molar-refractivity contribution in [2.45, 2.75) is 0 Å². The number of aromatic nitrogens is 4. The maximum Gasteiger partial charge on any atom is 0.164 e. The molecule has 10 rings (SSSR count). The van der Waals surface area contributed by atoms with E-state index in [-0.39, 0.29) is 0 Å². The van der Waals surface area contributed by atoms with E-state index in [0.717, 1.165) is 55.4 Å². The molecule has 0 saturated carbocycles. The van der Waals surface area contributed by atoms with Crippen LogP contribution in [0.3, 0.4) is 0 Å². The van der Waals surface area contributed by atoms with Gasteiger partial charge in [0.2, 0.25) is 0 Å². The molecule has 0 N–H and O–H groups in total. The van der Waals surface area contributed by atoms with E-state index in [2.05, 4.69) is 153 Å². The third-order valence-electron chi connectivity index (χ3n) is 11.6. The SMILES string of the molecule is Bc1c(B)c(B)c(-c2nc(-c3ccccc3)nc(-c3ccc4c(c3)oc3ccc(-c5ccc6c(c5)c5ccccc5n6-c5ccccc5)cc34)n2)c(B)c1B. The first-order valence-corrected chi connectivity index (χ1v) is 18.8. The molecule has 10 aromatic rings. The highest BCUT2D eigenvalue weighted by molar-refractivity contribution is 6.68. The van der Waals surface area contributed by atoms with E-state index in [4.69, 9.17) is 19.4 Å². The quantitative estimate of drug-likeness (QED) is 0.260. The molecule has 3 heterocycles. The van der Waals surface area contributed by atoms with Gasteiger partial charge in [-0.15, -0.1) is 16.4 Å². The molecule has 0 aliphatic carbocycles. The van der Waals surface area contributed by atoms with Crippen molar-refractivity contribution in [1.82, 2.24) is 19.5 Å². The molecule has 0 saturated heterocycles. The maximum absolute atomic E-state index is 6.52. The number of hydrogen-bond donors (Lipinski definition) is 0. The minimum Gasteiger partial charge on any atom is -0.456 e. The molecule has 0 spiro atoms. The first-order valence-electron chi connectivity index (χ1n) is 18.8. The number of benzene rings is 7. The molecular weight excluding hydrogens is 667 g/mol. The van der Waals surface area contributed by atoms with Gasteiger partial charge in [0, 0.05) is 43.9 Å². The summed E-state index contributed by atoms with van der Waals surface area (Å²) < 4.78 is 8.87. The van der Waals surface area contributed by atoms with Gasteiger partial charge in [-0.2, -0.15) is 0 Å². The van der Waals surface area contributed by atoms with E-state index in [1.807, 2.05) is 30.3 Å². The van der Waals surface area contributed by atoms with E-state index >= 15 is 0 Å². The minimum absolute atomic E-state index is 0.615. The summed E-state index contributed by atoms with van der Waals surface area (Å²) in [4.78, 5) is 15.3. The molecule has 0 aliphatic heterocycles. The zero-order chi connectivity index (χ0) is 37.4. The minimum atomic E-state index is 0.615. The molecule has 55 heavy (non-hydrogen) atoms. The fourth-order valence-corrected chi connectivity index (χ4v) is 8.27. The van der Waals surface area contributed by atoms with Gasteiger partial charge in [-0.3, -0.25) is 0 Å². The van der Waals surface area contributed by atoms with Gasteiger partial charge in [0.25, 0.3) is 0 Å². The van der Waals surface area contributed by atoms with Gasteiger partial charge in [0.1, 0.15) is 50.4 Å². The van der Waals surface area contributed by atoms with Crippen LogP contribution in [0.15, 0.2) is 144 Å². The molecule has 0 radical (unpaired) electrons. The zero-order valence-corrected chi connectivity index (χ0v) is 31.5. The highest BCUT2D eigenvalue weighted by atomic mass is 16.3. The largest absolute Gasteiger partial charge is 0.456 e. The van der Waals surface area contributed by atoms with E-state index in [0.29, 0.717) is 17.5 Å². The van der Waals surface area contributed by atoms with Crippen LogP contribution < -0.4 is 27.3 Å². The average Bonchev–Trinajstić information content (AvgIpc) is 3.77. The molecular formula is C45H33B5N4O. The number of fused-ring (bicyclic) bond motifs is 6. The van der Waals surface area contributed by atoms with Crippen LogP contribution in [-0.2, 0) is 0 Å². The third-order valence-corrected chi connectivity index (χ3v) is 11.6. The highest BCUT2D eigenvalue weighted by Crippen LogP contribution is 2.38. The Morgan fingerprint density at radius 2 is 0.945 bits per heavy atom. The van der Waals surface area contributed by atoms with Crippen molar-refractivity contribution in [1.29, 1.82) is 0 Å². The van der Waals surface area contributed by atoms with E-state index in [1.54, 1.807) is 0 Å². The van der Waals surface area contributed by atoms with Gasteiger partial charge in [0.05, 0.1) is 11.0 Å². The molecule has 0 unspecified atom stereocenters. The van der Waals surface area contributed by atoms with Gasteiger partial charge in [-0.05, 0) is 65.7 Å². The van der Waals surface area contributed by atoms with Crippen LogP contribution in [0.2, 0.25) is 0 Å². The Labute approximate surface area is 323 Å². The van der Waals surface area contributed by atoms with Crippen LogP contribution in [0, 0.1) is 0 Å². The molecule has 254 valence electrons. The average molecular weight is 700 g/mol. The third kappa shape index (κ3) is 5.35. The molecule has 0 amide bonds. The Bertz CT molecular complexity index is 3130. The second-order valence-corrected chi connectivity index (χ2v) is 14.6. The van der Waals surface area contributed by atoms with Gasteiger partial charge in [-0.25, -0.2) is 15.0 Å². The van der Waals surface area contributed by atoms with Gasteiger partial charge >= 0.3 is 0 Å². The van der Waals surface area contributed by atoms with Crippen LogP contribution in [0.25, 0.3) is 94.7 Å². The summed E-state index contributed by atoms with van der Waals surface area (Å²) >= 11 is 0. The van der Waals surface area contributed by atoms with Crippen molar-refractivity contribution in [3.63, 3.8) is 0 Å². The zero-order valence-electron chi connectivity index (χ0n) is 31.5. The summed E-state index contributed by atoms with van der Waals surface area (Å²) in [6.45, 7) is 0. The molecule has 3 aromatic heterocycles. The first kappa shape index (κ1) is 33.1. The van der Waals surface area contributed by atoms with Crippen molar-refractivity contribution in [3.8, 4) is 51.0 Å². The molecule has 0 atom stereocenters. The number of nitrogens with zero attached hydrogens (tertiary/aromatic N) is 4. The monoisotopic (exact) mass is 700 g/mol. The first-order chi connectivity index (χ1) is 26.8. The van der Waals surface area contributed by atoms with Crippen molar-refractivity contribution in [2.75, 3.05) is 0 Å². The molecule has 0 aliphatic rings. The Balaban J connectivity index is 1.09. The summed E-state index contributed by atoms with van der Waals surface area (Å²) in [6.07, 6.45) is 0. The lowest BCUT2D eigenvalue weighted by atomic mass is 9.60. The number of hydrogen-bond acceptors (Lipinski definition) is 4. The number of furan rings is 1. The second kappa shape index (κ2) is 12.8. The standard InChI is InChI=1S/C45H33B5N4O/c46-38-37(39(47)41(49)42(50)40(38)48)45-52-43(24-9-3-1-4-10-24)51-44(53-45)27-15-18-30-32-22-26(17-20-35(32)55-36(30)23-27)25-16-19-34-31(21-25)29-13-7-8-14-33(29)54(34)28-11-5-2-6-12-28/h1-23H,46-50H2. The predicted molar refractivity (Wildman–Crippen MR) is 244 cm³/mol. The van der Waals surface area contributed by atoms with Crippen LogP contribution in [0.1, 0.15) is 0 Å². The van der Waals surface area contributed by atoms with Crippen LogP contribution in [0.5, 0.6) is 0 Å². The fourth-order valence-electron chi connectivity index (χ4n) is 8.27. The van der Waals surface area contributed by atoms with E-state index in [9.17, 15) is 0 Å². The number of rotatable bonds is 5. The summed E-state index contributed by atoms with van der Waals surface area (Å²) in [5.41, 5.74) is 16.6. The molecule has 10 heteroatoms. The maximum atomic E-state index is 6.52. The fraction of sp³-hybridized carbons (Fsp3) is 0. The summed E-state index contributed by atoms with van der Waals surface area (Å²) in [7, 11) is 10.9. The van der Waals surface area contributed by atoms with Gasteiger partial charge in [0.15, 0.2) is 17.5 Å². The second-order valence-electron chi connectivity index (χ2n) is 14.6. The topological polar surface area (TPSA) is 56.7 Å². The lowest BCUT2D eigenvalue weighted by Crippen LogP contribution is -2.55. The molecule has 5 nitrogen and oxygen atoms in total. The summed E-state index contributed by atoms with van der Waals surface area (Å²) in [5.74, 6) is 1.95. The Hall–Kier alpha value is -6.53. The molecule has 0 bridgehead atoms. The lowest BCUT2D eigenvalue weighted by molar-refractivity contribution is 0.669. The summed E-state index contributed by atoms with van der Waals surface area (Å²) in [6, 6.07) is 49.0. The smallest absolute Gasteiger partial charge is 0.164 e.